The number of rotatable bonds is 6. The lowest BCUT2D eigenvalue weighted by atomic mass is 10.1. The average Bonchev–Trinajstić information content (AvgIpc) is 3.07. The second-order valence-electron chi connectivity index (χ2n) is 6.36. The maximum atomic E-state index is 12.5. The van der Waals surface area contributed by atoms with Gasteiger partial charge in [-0.05, 0) is 29.8 Å². The summed E-state index contributed by atoms with van der Waals surface area (Å²) in [5.74, 6) is -0.686. The van der Waals surface area contributed by atoms with Crippen LogP contribution in [0.1, 0.15) is 22.3 Å². The van der Waals surface area contributed by atoms with Crippen molar-refractivity contribution in [2.75, 3.05) is 18.6 Å². The summed E-state index contributed by atoms with van der Waals surface area (Å²) >= 11 is 0. The van der Waals surface area contributed by atoms with E-state index in [2.05, 4.69) is 5.32 Å². The summed E-state index contributed by atoms with van der Waals surface area (Å²) < 4.78 is 5.31. The number of anilines is 1. The number of amides is 3. The monoisotopic (exact) mass is 367 g/mol. The van der Waals surface area contributed by atoms with E-state index in [0.717, 1.165) is 5.56 Å². The number of benzene rings is 2. The number of nitrogens with two attached hydrogens (primary N) is 1. The lowest BCUT2D eigenvalue weighted by Crippen LogP contribution is -2.32. The van der Waals surface area contributed by atoms with Gasteiger partial charge in [-0.1, -0.05) is 24.3 Å². The standard InChI is InChI=1S/C20H21N3O4/c1-27-17-8-3-2-7-16(17)23-12-15(10-18(23)24)20(26)22-11-13-5-4-6-14(9-13)19(21)25/h2-9,15H,10-12H2,1H3,(H2,21,25)(H,22,26). The Kier molecular flexibility index (Phi) is 5.40. The van der Waals surface area contributed by atoms with E-state index in [4.69, 9.17) is 10.5 Å². The van der Waals surface area contributed by atoms with Crippen LogP contribution in [0.4, 0.5) is 5.69 Å². The van der Waals surface area contributed by atoms with E-state index in [9.17, 15) is 14.4 Å². The number of hydrogen-bond donors (Lipinski definition) is 2. The highest BCUT2D eigenvalue weighted by atomic mass is 16.5. The average molecular weight is 367 g/mol. The fourth-order valence-electron chi connectivity index (χ4n) is 3.14. The van der Waals surface area contributed by atoms with Crippen LogP contribution in [0.25, 0.3) is 0 Å². The van der Waals surface area contributed by atoms with Crippen molar-refractivity contribution in [3.05, 3.63) is 59.7 Å². The predicted molar refractivity (Wildman–Crippen MR) is 100 cm³/mol. The summed E-state index contributed by atoms with van der Waals surface area (Å²) in [7, 11) is 1.55. The molecule has 0 bridgehead atoms. The SMILES string of the molecule is COc1ccccc1N1CC(C(=O)NCc2cccc(C(N)=O)c2)CC1=O. The van der Waals surface area contributed by atoms with E-state index in [0.29, 0.717) is 23.5 Å². The van der Waals surface area contributed by atoms with Crippen molar-refractivity contribution >= 4 is 23.4 Å². The van der Waals surface area contributed by atoms with Crippen LogP contribution in [0.5, 0.6) is 5.75 Å². The van der Waals surface area contributed by atoms with E-state index in [1.807, 2.05) is 12.1 Å². The zero-order valence-electron chi connectivity index (χ0n) is 15.0. The van der Waals surface area contributed by atoms with Crippen molar-refractivity contribution in [2.24, 2.45) is 11.7 Å². The van der Waals surface area contributed by atoms with Crippen molar-refractivity contribution in [3.63, 3.8) is 0 Å². The quantitative estimate of drug-likeness (QED) is 0.807. The van der Waals surface area contributed by atoms with E-state index in [-0.39, 0.29) is 24.8 Å². The third-order valence-electron chi connectivity index (χ3n) is 4.55. The van der Waals surface area contributed by atoms with Gasteiger partial charge in [0.2, 0.25) is 17.7 Å². The molecule has 140 valence electrons. The number of nitrogens with zero attached hydrogens (tertiary/aromatic N) is 1. The third-order valence-corrected chi connectivity index (χ3v) is 4.55. The molecule has 7 heteroatoms. The minimum atomic E-state index is -0.517. The summed E-state index contributed by atoms with van der Waals surface area (Å²) in [5, 5.41) is 2.83. The van der Waals surface area contributed by atoms with Crippen LogP contribution in [-0.2, 0) is 16.1 Å². The number of para-hydroxylation sites is 2. The number of nitrogens with one attached hydrogen (secondary N) is 1. The maximum Gasteiger partial charge on any atom is 0.248 e. The van der Waals surface area contributed by atoms with Crippen molar-refractivity contribution in [3.8, 4) is 5.75 Å². The molecule has 0 spiro atoms. The van der Waals surface area contributed by atoms with Crippen LogP contribution >= 0.6 is 0 Å². The summed E-state index contributed by atoms with van der Waals surface area (Å²) in [4.78, 5) is 37.7. The maximum absolute atomic E-state index is 12.5. The molecule has 1 aliphatic rings. The molecule has 0 saturated carbocycles. The summed E-state index contributed by atoms with van der Waals surface area (Å²) in [6, 6.07) is 14.0. The Morgan fingerprint density at radius 2 is 2.00 bits per heavy atom. The van der Waals surface area contributed by atoms with Gasteiger partial charge in [0.25, 0.3) is 0 Å². The first-order chi connectivity index (χ1) is 13.0. The summed E-state index contributed by atoms with van der Waals surface area (Å²) in [5.41, 5.74) is 7.09. The lowest BCUT2D eigenvalue weighted by molar-refractivity contribution is -0.126. The van der Waals surface area contributed by atoms with E-state index in [1.165, 1.54) is 0 Å². The molecular weight excluding hydrogens is 346 g/mol. The zero-order valence-corrected chi connectivity index (χ0v) is 15.0. The molecule has 3 rings (SSSR count). The van der Waals surface area contributed by atoms with Gasteiger partial charge in [-0.2, -0.15) is 0 Å². The van der Waals surface area contributed by atoms with Crippen LogP contribution in [0.3, 0.4) is 0 Å². The molecule has 3 amide bonds. The van der Waals surface area contributed by atoms with Gasteiger partial charge < -0.3 is 20.7 Å². The Morgan fingerprint density at radius 3 is 2.74 bits per heavy atom. The lowest BCUT2D eigenvalue weighted by Gasteiger charge is -2.19. The fraction of sp³-hybridized carbons (Fsp3) is 0.250. The van der Waals surface area contributed by atoms with Gasteiger partial charge in [-0.25, -0.2) is 0 Å². The summed E-state index contributed by atoms with van der Waals surface area (Å²) in [6.07, 6.45) is 0.144. The Hall–Kier alpha value is -3.35. The molecule has 0 radical (unpaired) electrons. The summed E-state index contributed by atoms with van der Waals surface area (Å²) in [6.45, 7) is 0.561. The Balaban J connectivity index is 1.64. The Bertz CT molecular complexity index is 881. The molecule has 2 aromatic carbocycles. The first-order valence-electron chi connectivity index (χ1n) is 8.59. The highest BCUT2D eigenvalue weighted by Crippen LogP contribution is 2.32. The molecule has 0 aliphatic carbocycles. The molecule has 2 aromatic rings. The molecule has 0 aromatic heterocycles. The van der Waals surface area contributed by atoms with Crippen LogP contribution < -0.4 is 20.7 Å². The van der Waals surface area contributed by atoms with Gasteiger partial charge >= 0.3 is 0 Å². The van der Waals surface area contributed by atoms with E-state index >= 15 is 0 Å². The molecule has 27 heavy (non-hydrogen) atoms. The topological polar surface area (TPSA) is 102 Å². The normalized spacial score (nSPS) is 16.3. The van der Waals surface area contributed by atoms with Gasteiger partial charge in [0.1, 0.15) is 5.75 Å². The molecule has 1 unspecified atom stereocenters. The molecule has 1 atom stereocenters. The Morgan fingerprint density at radius 1 is 1.22 bits per heavy atom. The molecule has 1 heterocycles. The second kappa shape index (κ2) is 7.90. The predicted octanol–water partition coefficient (Wildman–Crippen LogP) is 1.46. The number of hydrogen-bond acceptors (Lipinski definition) is 4. The number of methoxy groups -OCH3 is 1. The zero-order chi connectivity index (χ0) is 19.4. The first kappa shape index (κ1) is 18.4. The van der Waals surface area contributed by atoms with Crippen LogP contribution in [0.15, 0.2) is 48.5 Å². The molecule has 1 aliphatic heterocycles. The van der Waals surface area contributed by atoms with Crippen molar-refractivity contribution in [1.29, 1.82) is 0 Å². The molecule has 1 saturated heterocycles. The first-order valence-corrected chi connectivity index (χ1v) is 8.59. The number of carbonyl (C=O) groups excluding carboxylic acids is 3. The van der Waals surface area contributed by atoms with E-state index in [1.54, 1.807) is 48.4 Å². The van der Waals surface area contributed by atoms with Gasteiger partial charge in [-0.15, -0.1) is 0 Å². The van der Waals surface area contributed by atoms with Crippen LogP contribution in [-0.4, -0.2) is 31.4 Å². The van der Waals surface area contributed by atoms with Gasteiger partial charge in [0, 0.05) is 25.1 Å². The Labute approximate surface area is 157 Å². The molecule has 1 fully saturated rings. The van der Waals surface area contributed by atoms with Gasteiger partial charge in [-0.3, -0.25) is 14.4 Å². The minimum absolute atomic E-state index is 0.115. The molecular formula is C20H21N3O4. The van der Waals surface area contributed by atoms with E-state index < -0.39 is 11.8 Å². The van der Waals surface area contributed by atoms with Crippen molar-refractivity contribution < 1.29 is 19.1 Å². The minimum Gasteiger partial charge on any atom is -0.495 e. The fourth-order valence-corrected chi connectivity index (χ4v) is 3.14. The van der Waals surface area contributed by atoms with Gasteiger partial charge in [0.15, 0.2) is 0 Å². The van der Waals surface area contributed by atoms with Gasteiger partial charge in [0.05, 0.1) is 18.7 Å². The van der Waals surface area contributed by atoms with Crippen LogP contribution in [0, 0.1) is 5.92 Å². The van der Waals surface area contributed by atoms with Crippen molar-refractivity contribution in [1.82, 2.24) is 5.32 Å². The number of primary amides is 1. The number of carbonyl (C=O) groups is 3. The molecule has 3 N–H and O–H groups in total. The third kappa shape index (κ3) is 4.08. The highest BCUT2D eigenvalue weighted by Gasteiger charge is 2.36. The largest absolute Gasteiger partial charge is 0.495 e. The smallest absolute Gasteiger partial charge is 0.248 e. The van der Waals surface area contributed by atoms with Crippen molar-refractivity contribution in [2.45, 2.75) is 13.0 Å². The van der Waals surface area contributed by atoms with Crippen LogP contribution in [0.2, 0.25) is 0 Å². The number of ether oxygens (including phenoxy) is 1. The highest BCUT2D eigenvalue weighted by molar-refractivity contribution is 6.01. The molecule has 7 nitrogen and oxygen atoms in total. The second-order valence-corrected chi connectivity index (χ2v) is 6.36.